The van der Waals surface area contributed by atoms with E-state index < -0.39 is 7.82 Å². The van der Waals surface area contributed by atoms with Crippen molar-refractivity contribution in [2.75, 3.05) is 21.3 Å². The van der Waals surface area contributed by atoms with Gasteiger partial charge in [0.05, 0.1) is 38.1 Å². The molecule has 0 spiro atoms. The minimum absolute atomic E-state index is 0.0484. The SMILES string of the molecule is COc1ccc(/C=C\c2cc(I)c(OC)c(OC)c2)cc1OP(=O)(OCc1ccccc1)OCc1ccccc1. The summed E-state index contributed by atoms with van der Waals surface area (Å²) in [5.41, 5.74) is 3.38. The fourth-order valence-corrected chi connectivity index (χ4v) is 5.78. The molecule has 0 unspecified atom stereocenters. The number of phosphoric ester groups is 1. The Kier molecular flexibility index (Phi) is 10.7. The van der Waals surface area contributed by atoms with Gasteiger partial charge >= 0.3 is 7.82 Å². The van der Waals surface area contributed by atoms with E-state index in [9.17, 15) is 4.57 Å². The predicted molar refractivity (Wildman–Crippen MR) is 165 cm³/mol. The quantitative estimate of drug-likeness (QED) is 0.0803. The molecule has 0 saturated heterocycles. The van der Waals surface area contributed by atoms with Crippen LogP contribution in [0.15, 0.2) is 91.0 Å². The lowest BCUT2D eigenvalue weighted by molar-refractivity contribution is 0.142. The van der Waals surface area contributed by atoms with Crippen molar-refractivity contribution in [1.82, 2.24) is 0 Å². The molecule has 40 heavy (non-hydrogen) atoms. The van der Waals surface area contributed by atoms with Gasteiger partial charge < -0.3 is 18.7 Å². The van der Waals surface area contributed by atoms with Gasteiger partial charge in [-0.1, -0.05) is 78.9 Å². The Morgan fingerprint density at radius 3 is 1.75 bits per heavy atom. The molecule has 9 heteroatoms. The van der Waals surface area contributed by atoms with E-state index in [0.29, 0.717) is 17.2 Å². The number of ether oxygens (including phenoxy) is 3. The smallest absolute Gasteiger partial charge is 0.493 e. The van der Waals surface area contributed by atoms with Gasteiger partial charge in [0, 0.05) is 0 Å². The first-order valence-electron chi connectivity index (χ1n) is 12.4. The minimum atomic E-state index is -4.07. The molecule has 0 aliphatic carbocycles. The van der Waals surface area contributed by atoms with E-state index in [0.717, 1.165) is 25.8 Å². The Balaban J connectivity index is 1.59. The van der Waals surface area contributed by atoms with Crippen molar-refractivity contribution >= 4 is 42.6 Å². The first kappa shape index (κ1) is 29.7. The number of halogens is 1. The zero-order valence-electron chi connectivity index (χ0n) is 22.4. The highest BCUT2D eigenvalue weighted by Crippen LogP contribution is 2.53. The molecule has 0 atom stereocenters. The summed E-state index contributed by atoms with van der Waals surface area (Å²) in [5.74, 6) is 1.95. The van der Waals surface area contributed by atoms with Crippen molar-refractivity contribution in [2.24, 2.45) is 0 Å². The van der Waals surface area contributed by atoms with E-state index in [2.05, 4.69) is 22.6 Å². The minimum Gasteiger partial charge on any atom is -0.493 e. The molecule has 0 fully saturated rings. The predicted octanol–water partition coefficient (Wildman–Crippen LogP) is 8.41. The Labute approximate surface area is 248 Å². The van der Waals surface area contributed by atoms with Crippen molar-refractivity contribution in [2.45, 2.75) is 13.2 Å². The second-order valence-corrected chi connectivity index (χ2v) is 11.3. The Morgan fingerprint density at radius 2 is 1.20 bits per heavy atom. The third kappa shape index (κ3) is 8.11. The monoisotopic (exact) mass is 672 g/mol. The van der Waals surface area contributed by atoms with E-state index in [1.807, 2.05) is 91.0 Å². The van der Waals surface area contributed by atoms with Crippen molar-refractivity contribution in [3.8, 4) is 23.0 Å². The van der Waals surface area contributed by atoms with Gasteiger partial charge in [0.15, 0.2) is 23.0 Å². The Bertz CT molecular complexity index is 1430. The fourth-order valence-electron chi connectivity index (χ4n) is 3.76. The zero-order valence-corrected chi connectivity index (χ0v) is 25.5. The highest BCUT2D eigenvalue weighted by Gasteiger charge is 2.30. The molecule has 0 saturated carbocycles. The van der Waals surface area contributed by atoms with Gasteiger partial charge in [0.2, 0.25) is 0 Å². The molecule has 0 aliphatic heterocycles. The molecule has 0 aromatic heterocycles. The number of methoxy groups -OCH3 is 3. The number of phosphoric acid groups is 1. The van der Waals surface area contributed by atoms with E-state index in [4.69, 9.17) is 27.8 Å². The summed E-state index contributed by atoms with van der Waals surface area (Å²) in [6.45, 7) is 0.0967. The van der Waals surface area contributed by atoms with E-state index in [1.54, 1.807) is 26.4 Å². The lowest BCUT2D eigenvalue weighted by Gasteiger charge is -2.20. The maximum atomic E-state index is 13.9. The van der Waals surface area contributed by atoms with Crippen LogP contribution in [-0.2, 0) is 26.8 Å². The molecule has 4 aromatic carbocycles. The third-order valence-electron chi connectivity index (χ3n) is 5.79. The molecule has 0 heterocycles. The highest BCUT2D eigenvalue weighted by atomic mass is 127. The topological polar surface area (TPSA) is 72.5 Å². The van der Waals surface area contributed by atoms with Gasteiger partial charge in [-0.3, -0.25) is 9.05 Å². The molecular formula is C31H30IO7P. The van der Waals surface area contributed by atoms with Gasteiger partial charge in [0.25, 0.3) is 0 Å². The first-order valence-corrected chi connectivity index (χ1v) is 14.9. The summed E-state index contributed by atoms with van der Waals surface area (Å²) in [7, 11) is 0.662. The van der Waals surface area contributed by atoms with Crippen molar-refractivity contribution in [3.05, 3.63) is 117 Å². The summed E-state index contributed by atoms with van der Waals surface area (Å²) in [6, 6.07) is 28.1. The number of benzene rings is 4. The summed E-state index contributed by atoms with van der Waals surface area (Å²) in [6.07, 6.45) is 3.84. The number of hydrogen-bond acceptors (Lipinski definition) is 7. The standard InChI is InChI=1S/C31H30IO7P/c1-34-28-17-16-23(14-15-26-18-27(32)31(36-3)30(20-26)35-2)19-29(28)39-40(33,37-21-24-10-6-4-7-11-24)38-22-25-12-8-5-9-13-25/h4-20H,21-22H2,1-3H3/b15-14-. The summed E-state index contributed by atoms with van der Waals surface area (Å²) in [4.78, 5) is 0. The fraction of sp³-hybridized carbons (Fsp3) is 0.161. The normalized spacial score (nSPS) is 11.4. The van der Waals surface area contributed by atoms with Crippen LogP contribution in [-0.4, -0.2) is 21.3 Å². The zero-order chi connectivity index (χ0) is 28.4. The number of rotatable bonds is 13. The van der Waals surface area contributed by atoms with Gasteiger partial charge in [-0.05, 0) is 69.1 Å². The van der Waals surface area contributed by atoms with Crippen LogP contribution in [0.3, 0.4) is 0 Å². The summed E-state index contributed by atoms with van der Waals surface area (Å²) >= 11 is 2.21. The molecule has 208 valence electrons. The lowest BCUT2D eigenvalue weighted by atomic mass is 10.1. The molecule has 0 amide bonds. The number of hydrogen-bond donors (Lipinski definition) is 0. The summed E-state index contributed by atoms with van der Waals surface area (Å²) in [5, 5.41) is 0. The maximum Gasteiger partial charge on any atom is 0.530 e. The van der Waals surface area contributed by atoms with Crippen LogP contribution >= 0.6 is 30.4 Å². The van der Waals surface area contributed by atoms with E-state index in [-0.39, 0.29) is 19.0 Å². The van der Waals surface area contributed by atoms with Crippen LogP contribution in [0, 0.1) is 3.57 Å². The molecular weight excluding hydrogens is 642 g/mol. The van der Waals surface area contributed by atoms with Crippen molar-refractivity contribution in [1.29, 1.82) is 0 Å². The maximum absolute atomic E-state index is 13.9. The lowest BCUT2D eigenvalue weighted by Crippen LogP contribution is -2.04. The van der Waals surface area contributed by atoms with Crippen LogP contribution in [0.1, 0.15) is 22.3 Å². The van der Waals surface area contributed by atoms with Gasteiger partial charge in [-0.2, -0.15) is 0 Å². The average molecular weight is 672 g/mol. The Hall–Kier alpha value is -3.30. The second-order valence-electron chi connectivity index (χ2n) is 8.54. The molecule has 0 radical (unpaired) electrons. The van der Waals surface area contributed by atoms with Gasteiger partial charge in [0.1, 0.15) is 0 Å². The van der Waals surface area contributed by atoms with Crippen molar-refractivity contribution in [3.63, 3.8) is 0 Å². The molecule has 4 aromatic rings. The third-order valence-corrected chi connectivity index (χ3v) is 7.90. The molecule has 4 rings (SSSR count). The van der Waals surface area contributed by atoms with Crippen LogP contribution in [0.2, 0.25) is 0 Å². The molecule has 7 nitrogen and oxygen atoms in total. The van der Waals surface area contributed by atoms with Crippen LogP contribution in [0.5, 0.6) is 23.0 Å². The molecule has 0 N–H and O–H groups in total. The van der Waals surface area contributed by atoms with Crippen LogP contribution in [0.25, 0.3) is 12.2 Å². The Morgan fingerprint density at radius 1 is 0.650 bits per heavy atom. The molecule has 0 aliphatic rings. The van der Waals surface area contributed by atoms with Gasteiger partial charge in [-0.25, -0.2) is 4.57 Å². The second kappa shape index (κ2) is 14.4. The summed E-state index contributed by atoms with van der Waals surface area (Å²) < 4.78 is 48.7. The van der Waals surface area contributed by atoms with Crippen LogP contribution < -0.4 is 18.7 Å². The van der Waals surface area contributed by atoms with Crippen LogP contribution in [0.4, 0.5) is 0 Å². The first-order chi connectivity index (χ1) is 19.4. The average Bonchev–Trinajstić information content (AvgIpc) is 2.99. The van der Waals surface area contributed by atoms with Crippen molar-refractivity contribution < 1.29 is 32.3 Å². The molecule has 0 bridgehead atoms. The van der Waals surface area contributed by atoms with Gasteiger partial charge in [-0.15, -0.1) is 0 Å². The van der Waals surface area contributed by atoms with E-state index >= 15 is 0 Å². The van der Waals surface area contributed by atoms with E-state index in [1.165, 1.54) is 7.11 Å². The largest absolute Gasteiger partial charge is 0.530 e. The highest BCUT2D eigenvalue weighted by molar-refractivity contribution is 14.1.